The number of aryl methyl sites for hydroxylation is 1. The van der Waals surface area contributed by atoms with E-state index in [1.165, 1.54) is 19.3 Å². The normalized spacial score (nSPS) is 14.1. The van der Waals surface area contributed by atoms with E-state index in [9.17, 15) is 4.79 Å². The molecule has 1 saturated carbocycles. The van der Waals surface area contributed by atoms with Crippen LogP contribution >= 0.6 is 0 Å². The van der Waals surface area contributed by atoms with E-state index in [-0.39, 0.29) is 12.5 Å². The maximum absolute atomic E-state index is 12.1. The second-order valence-corrected chi connectivity index (χ2v) is 5.31. The average molecular weight is 271 g/mol. The molecule has 0 aliphatic heterocycles. The predicted molar refractivity (Wildman–Crippen MR) is 79.4 cm³/mol. The highest BCUT2D eigenvalue weighted by atomic mass is 16.2. The van der Waals surface area contributed by atoms with Gasteiger partial charge in [-0.15, -0.1) is 0 Å². The van der Waals surface area contributed by atoms with Gasteiger partial charge in [-0.25, -0.2) is 0 Å². The van der Waals surface area contributed by atoms with Gasteiger partial charge in [-0.3, -0.25) is 4.79 Å². The van der Waals surface area contributed by atoms with Crippen LogP contribution in [0.15, 0.2) is 18.2 Å². The van der Waals surface area contributed by atoms with Gasteiger partial charge in [0.1, 0.15) is 0 Å². The van der Waals surface area contributed by atoms with E-state index in [1.54, 1.807) is 0 Å². The third kappa shape index (κ3) is 3.85. The Balaban J connectivity index is 2.01. The first kappa shape index (κ1) is 14.6. The van der Waals surface area contributed by atoms with E-state index < -0.39 is 0 Å². The number of carbonyl (C=O) groups is 1. The van der Waals surface area contributed by atoms with Gasteiger partial charge in [0.15, 0.2) is 0 Å². The van der Waals surface area contributed by atoms with Crippen molar-refractivity contribution in [2.24, 2.45) is 5.92 Å². The van der Waals surface area contributed by atoms with Crippen LogP contribution in [0.4, 0.5) is 0 Å². The summed E-state index contributed by atoms with van der Waals surface area (Å²) in [6, 6.07) is 5.58. The van der Waals surface area contributed by atoms with Crippen molar-refractivity contribution in [3.63, 3.8) is 0 Å². The minimum absolute atomic E-state index is 0.0258. The van der Waals surface area contributed by atoms with E-state index in [0.29, 0.717) is 17.9 Å². The lowest BCUT2D eigenvalue weighted by Gasteiger charge is -2.25. The number of carbonyl (C=O) groups excluding carboxylic acids is 1. The largest absolute Gasteiger partial charge is 0.395 e. The van der Waals surface area contributed by atoms with Gasteiger partial charge in [0.2, 0.25) is 0 Å². The maximum Gasteiger partial charge on any atom is 0.251 e. The molecule has 0 saturated heterocycles. The smallest absolute Gasteiger partial charge is 0.251 e. The van der Waals surface area contributed by atoms with Crippen LogP contribution in [0.1, 0.15) is 47.2 Å². The molecule has 0 radical (unpaired) electrons. The van der Waals surface area contributed by atoms with Crippen molar-refractivity contribution in [3.8, 4) is 11.8 Å². The standard InChI is InChI=1S/C17H21NO2/c1-13-8-9-16(11-15(13)7-2-3-10-19)17(20)18-12-14-5-4-6-14/h8-9,11,14,19H,3-6,10,12H2,1H3,(H,18,20). The predicted octanol–water partition coefficient (Wildman–Crippen LogP) is 2.26. The topological polar surface area (TPSA) is 49.3 Å². The zero-order valence-electron chi connectivity index (χ0n) is 11.9. The molecule has 2 rings (SSSR count). The van der Waals surface area contributed by atoms with Crippen LogP contribution in [-0.2, 0) is 0 Å². The maximum atomic E-state index is 12.1. The molecular formula is C17H21NO2. The summed E-state index contributed by atoms with van der Waals surface area (Å²) >= 11 is 0. The molecule has 1 amide bonds. The minimum atomic E-state index is -0.0258. The first-order valence-electron chi connectivity index (χ1n) is 7.19. The summed E-state index contributed by atoms with van der Waals surface area (Å²) in [4.78, 5) is 12.1. The highest BCUT2D eigenvalue weighted by Gasteiger charge is 2.18. The summed E-state index contributed by atoms with van der Waals surface area (Å²) in [7, 11) is 0. The van der Waals surface area contributed by atoms with Gasteiger partial charge in [0.05, 0.1) is 6.61 Å². The fourth-order valence-electron chi connectivity index (χ4n) is 2.15. The van der Waals surface area contributed by atoms with E-state index in [4.69, 9.17) is 5.11 Å². The number of aliphatic hydroxyl groups excluding tert-OH is 1. The summed E-state index contributed by atoms with van der Waals surface area (Å²) < 4.78 is 0. The molecule has 0 heterocycles. The fourth-order valence-corrected chi connectivity index (χ4v) is 2.15. The van der Waals surface area contributed by atoms with Gasteiger partial charge in [-0.2, -0.15) is 0 Å². The second-order valence-electron chi connectivity index (χ2n) is 5.31. The Morgan fingerprint density at radius 2 is 2.25 bits per heavy atom. The monoisotopic (exact) mass is 271 g/mol. The van der Waals surface area contributed by atoms with Crippen molar-refractivity contribution < 1.29 is 9.90 Å². The molecule has 0 aromatic heterocycles. The van der Waals surface area contributed by atoms with Gasteiger partial charge in [0, 0.05) is 24.1 Å². The lowest BCUT2D eigenvalue weighted by Crippen LogP contribution is -2.32. The van der Waals surface area contributed by atoms with Crippen molar-refractivity contribution in [3.05, 3.63) is 34.9 Å². The van der Waals surface area contributed by atoms with Crippen molar-refractivity contribution in [2.75, 3.05) is 13.2 Å². The van der Waals surface area contributed by atoms with Gasteiger partial charge in [-0.1, -0.05) is 24.3 Å². The van der Waals surface area contributed by atoms with Crippen LogP contribution < -0.4 is 5.32 Å². The Morgan fingerprint density at radius 1 is 1.45 bits per heavy atom. The second kappa shape index (κ2) is 7.12. The molecule has 1 aliphatic rings. The third-order valence-electron chi connectivity index (χ3n) is 3.74. The van der Waals surface area contributed by atoms with Crippen molar-refractivity contribution >= 4 is 5.91 Å². The van der Waals surface area contributed by atoms with Crippen molar-refractivity contribution in [2.45, 2.75) is 32.6 Å². The van der Waals surface area contributed by atoms with E-state index in [2.05, 4.69) is 17.2 Å². The average Bonchev–Trinajstić information content (AvgIpc) is 2.39. The summed E-state index contributed by atoms with van der Waals surface area (Å²) in [6.45, 7) is 2.81. The number of nitrogens with one attached hydrogen (secondary N) is 1. The van der Waals surface area contributed by atoms with E-state index in [0.717, 1.165) is 17.7 Å². The highest BCUT2D eigenvalue weighted by molar-refractivity contribution is 5.94. The minimum Gasteiger partial charge on any atom is -0.395 e. The van der Waals surface area contributed by atoms with Crippen molar-refractivity contribution in [1.82, 2.24) is 5.32 Å². The third-order valence-corrected chi connectivity index (χ3v) is 3.74. The zero-order valence-corrected chi connectivity index (χ0v) is 11.9. The van der Waals surface area contributed by atoms with Crippen LogP contribution in [0, 0.1) is 24.7 Å². The van der Waals surface area contributed by atoms with Crippen LogP contribution in [0.2, 0.25) is 0 Å². The highest BCUT2D eigenvalue weighted by Crippen LogP contribution is 2.25. The quantitative estimate of drug-likeness (QED) is 0.825. The number of hydrogen-bond donors (Lipinski definition) is 2. The molecule has 1 aromatic carbocycles. The summed E-state index contributed by atoms with van der Waals surface area (Å²) in [5.41, 5.74) is 2.56. The van der Waals surface area contributed by atoms with Crippen LogP contribution in [0.25, 0.3) is 0 Å². The summed E-state index contributed by atoms with van der Waals surface area (Å²) in [6.07, 6.45) is 4.20. The first-order valence-corrected chi connectivity index (χ1v) is 7.19. The number of amides is 1. The molecule has 0 spiro atoms. The molecule has 3 nitrogen and oxygen atoms in total. The zero-order chi connectivity index (χ0) is 14.4. The Bertz CT molecular complexity index is 536. The Kier molecular flexibility index (Phi) is 5.20. The molecule has 2 N–H and O–H groups in total. The fraction of sp³-hybridized carbons (Fsp3) is 0.471. The summed E-state index contributed by atoms with van der Waals surface area (Å²) in [5, 5.41) is 11.7. The van der Waals surface area contributed by atoms with Crippen LogP contribution in [0.5, 0.6) is 0 Å². The van der Waals surface area contributed by atoms with Gasteiger partial charge < -0.3 is 10.4 Å². The SMILES string of the molecule is Cc1ccc(C(=O)NCC2CCC2)cc1C#CCCO. The molecule has 3 heteroatoms. The Labute approximate surface area is 120 Å². The molecule has 0 atom stereocenters. The number of benzene rings is 1. The molecule has 0 unspecified atom stereocenters. The lowest BCUT2D eigenvalue weighted by atomic mass is 9.85. The molecule has 0 bridgehead atoms. The number of hydrogen-bond acceptors (Lipinski definition) is 2. The van der Waals surface area contributed by atoms with E-state index >= 15 is 0 Å². The number of aliphatic hydroxyl groups is 1. The van der Waals surface area contributed by atoms with Gasteiger partial charge >= 0.3 is 0 Å². The molecule has 1 aromatic rings. The van der Waals surface area contributed by atoms with Gasteiger partial charge in [-0.05, 0) is 43.4 Å². The Morgan fingerprint density at radius 3 is 2.90 bits per heavy atom. The van der Waals surface area contributed by atoms with E-state index in [1.807, 2.05) is 25.1 Å². The van der Waals surface area contributed by atoms with Gasteiger partial charge in [0.25, 0.3) is 5.91 Å². The molecule has 1 fully saturated rings. The lowest BCUT2D eigenvalue weighted by molar-refractivity contribution is 0.0939. The molecule has 1 aliphatic carbocycles. The van der Waals surface area contributed by atoms with Crippen LogP contribution in [0.3, 0.4) is 0 Å². The first-order chi connectivity index (χ1) is 9.70. The molecule has 20 heavy (non-hydrogen) atoms. The Hall–Kier alpha value is -1.79. The summed E-state index contributed by atoms with van der Waals surface area (Å²) in [5.74, 6) is 6.54. The number of rotatable bonds is 4. The van der Waals surface area contributed by atoms with Crippen LogP contribution in [-0.4, -0.2) is 24.2 Å². The molecule has 106 valence electrons. The molecular weight excluding hydrogens is 250 g/mol. The van der Waals surface area contributed by atoms with Crippen molar-refractivity contribution in [1.29, 1.82) is 0 Å².